The Morgan fingerprint density at radius 3 is 2.45 bits per heavy atom. The molecule has 0 aliphatic heterocycles. The molecule has 20 heavy (non-hydrogen) atoms. The van der Waals surface area contributed by atoms with Gasteiger partial charge in [0.2, 0.25) is 0 Å². The summed E-state index contributed by atoms with van der Waals surface area (Å²) in [6.45, 7) is 0.610. The fourth-order valence-electron chi connectivity index (χ4n) is 2.39. The standard InChI is InChI=1S/C16H16F2N2/c17-12-8-14(18)16(19)15(9-12)20(13-6-7-13)10-11-4-2-1-3-5-11/h1-5,8-9,13H,6-7,10,19H2. The van der Waals surface area contributed by atoms with Crippen LogP contribution in [0.25, 0.3) is 0 Å². The number of nitrogen functional groups attached to an aromatic ring is 1. The monoisotopic (exact) mass is 274 g/mol. The van der Waals surface area contributed by atoms with Crippen LogP contribution in [0.1, 0.15) is 18.4 Å². The third-order valence-electron chi connectivity index (χ3n) is 3.57. The highest BCUT2D eigenvalue weighted by molar-refractivity contribution is 5.69. The van der Waals surface area contributed by atoms with E-state index in [9.17, 15) is 8.78 Å². The lowest BCUT2D eigenvalue weighted by Gasteiger charge is -2.26. The second-order valence-corrected chi connectivity index (χ2v) is 5.17. The SMILES string of the molecule is Nc1c(F)cc(F)cc1N(Cc1ccccc1)C1CC1. The second-order valence-electron chi connectivity index (χ2n) is 5.17. The third kappa shape index (κ3) is 2.59. The molecule has 0 atom stereocenters. The van der Waals surface area contributed by atoms with Gasteiger partial charge in [-0.2, -0.15) is 0 Å². The Labute approximate surface area is 116 Å². The van der Waals surface area contributed by atoms with E-state index in [0.29, 0.717) is 18.3 Å². The van der Waals surface area contributed by atoms with Crippen LogP contribution in [0.3, 0.4) is 0 Å². The van der Waals surface area contributed by atoms with E-state index in [1.807, 2.05) is 35.2 Å². The van der Waals surface area contributed by atoms with Gasteiger partial charge in [-0.3, -0.25) is 0 Å². The molecule has 2 nitrogen and oxygen atoms in total. The van der Waals surface area contributed by atoms with Gasteiger partial charge in [-0.05, 0) is 24.5 Å². The Hall–Kier alpha value is -2.10. The van der Waals surface area contributed by atoms with Crippen molar-refractivity contribution in [3.8, 4) is 0 Å². The van der Waals surface area contributed by atoms with Crippen LogP contribution in [0.2, 0.25) is 0 Å². The van der Waals surface area contributed by atoms with Crippen molar-refractivity contribution in [1.29, 1.82) is 0 Å². The van der Waals surface area contributed by atoms with E-state index in [2.05, 4.69) is 0 Å². The van der Waals surface area contributed by atoms with Gasteiger partial charge in [0, 0.05) is 18.7 Å². The number of halogens is 2. The maximum Gasteiger partial charge on any atom is 0.151 e. The van der Waals surface area contributed by atoms with E-state index in [-0.39, 0.29) is 5.69 Å². The molecule has 2 aromatic carbocycles. The van der Waals surface area contributed by atoms with Crippen molar-refractivity contribution in [2.45, 2.75) is 25.4 Å². The Kier molecular flexibility index (Phi) is 3.30. The predicted octanol–water partition coefficient (Wildman–Crippen LogP) is 3.72. The van der Waals surface area contributed by atoms with Gasteiger partial charge in [-0.1, -0.05) is 30.3 Å². The van der Waals surface area contributed by atoms with Crippen molar-refractivity contribution in [3.63, 3.8) is 0 Å². The first-order chi connectivity index (χ1) is 9.65. The molecule has 0 unspecified atom stereocenters. The molecule has 0 radical (unpaired) electrons. The zero-order chi connectivity index (χ0) is 14.1. The molecular weight excluding hydrogens is 258 g/mol. The number of benzene rings is 2. The van der Waals surface area contributed by atoms with Crippen LogP contribution in [0.4, 0.5) is 20.2 Å². The van der Waals surface area contributed by atoms with Gasteiger partial charge in [0.15, 0.2) is 5.82 Å². The molecule has 0 aromatic heterocycles. The van der Waals surface area contributed by atoms with Crippen LogP contribution < -0.4 is 10.6 Å². The first kappa shape index (κ1) is 12.9. The van der Waals surface area contributed by atoms with Gasteiger partial charge in [0.25, 0.3) is 0 Å². The van der Waals surface area contributed by atoms with Gasteiger partial charge >= 0.3 is 0 Å². The minimum Gasteiger partial charge on any atom is -0.395 e. The van der Waals surface area contributed by atoms with Crippen LogP contribution in [0.15, 0.2) is 42.5 Å². The van der Waals surface area contributed by atoms with E-state index < -0.39 is 11.6 Å². The number of anilines is 2. The van der Waals surface area contributed by atoms with E-state index in [0.717, 1.165) is 24.5 Å². The van der Waals surface area contributed by atoms with Crippen LogP contribution in [-0.2, 0) is 6.54 Å². The van der Waals surface area contributed by atoms with E-state index >= 15 is 0 Å². The van der Waals surface area contributed by atoms with Crippen LogP contribution in [0, 0.1) is 11.6 Å². The molecule has 1 saturated carbocycles. The Morgan fingerprint density at radius 1 is 1.10 bits per heavy atom. The molecule has 0 heterocycles. The molecule has 0 amide bonds. The normalized spacial score (nSPS) is 14.3. The lowest BCUT2D eigenvalue weighted by atomic mass is 10.1. The summed E-state index contributed by atoms with van der Waals surface area (Å²) in [4.78, 5) is 2.00. The average molecular weight is 274 g/mol. The summed E-state index contributed by atoms with van der Waals surface area (Å²) < 4.78 is 27.1. The Balaban J connectivity index is 1.95. The first-order valence-electron chi connectivity index (χ1n) is 6.70. The Morgan fingerprint density at radius 2 is 1.80 bits per heavy atom. The molecule has 4 heteroatoms. The molecular formula is C16H16F2N2. The van der Waals surface area contributed by atoms with Crippen LogP contribution in [-0.4, -0.2) is 6.04 Å². The lowest BCUT2D eigenvalue weighted by molar-refractivity contribution is 0.584. The molecule has 2 aromatic rings. The van der Waals surface area contributed by atoms with Gasteiger partial charge in [-0.15, -0.1) is 0 Å². The lowest BCUT2D eigenvalue weighted by Crippen LogP contribution is -2.26. The van der Waals surface area contributed by atoms with Gasteiger partial charge in [0.1, 0.15) is 5.82 Å². The van der Waals surface area contributed by atoms with E-state index in [1.54, 1.807) is 0 Å². The molecule has 0 spiro atoms. The topological polar surface area (TPSA) is 29.3 Å². The van der Waals surface area contributed by atoms with Crippen molar-refractivity contribution in [1.82, 2.24) is 0 Å². The fraction of sp³-hybridized carbons (Fsp3) is 0.250. The Bertz CT molecular complexity index is 609. The summed E-state index contributed by atoms with van der Waals surface area (Å²) in [6, 6.07) is 12.3. The minimum atomic E-state index is -0.696. The zero-order valence-corrected chi connectivity index (χ0v) is 11.0. The van der Waals surface area contributed by atoms with Gasteiger partial charge in [0.05, 0.1) is 11.4 Å². The van der Waals surface area contributed by atoms with Crippen molar-refractivity contribution in [3.05, 3.63) is 59.7 Å². The van der Waals surface area contributed by atoms with Gasteiger partial charge in [-0.25, -0.2) is 8.78 Å². The maximum atomic E-state index is 13.6. The van der Waals surface area contributed by atoms with Crippen molar-refractivity contribution in [2.75, 3.05) is 10.6 Å². The first-order valence-corrected chi connectivity index (χ1v) is 6.70. The van der Waals surface area contributed by atoms with Gasteiger partial charge < -0.3 is 10.6 Å². The summed E-state index contributed by atoms with van der Waals surface area (Å²) >= 11 is 0. The third-order valence-corrected chi connectivity index (χ3v) is 3.57. The quantitative estimate of drug-likeness (QED) is 0.861. The highest BCUT2D eigenvalue weighted by Gasteiger charge is 2.31. The molecule has 3 rings (SSSR count). The molecule has 0 bridgehead atoms. The molecule has 0 saturated heterocycles. The zero-order valence-electron chi connectivity index (χ0n) is 11.0. The van der Waals surface area contributed by atoms with Crippen molar-refractivity contribution >= 4 is 11.4 Å². The molecule has 1 fully saturated rings. The fourth-order valence-corrected chi connectivity index (χ4v) is 2.39. The predicted molar refractivity (Wildman–Crippen MR) is 76.4 cm³/mol. The number of hydrogen-bond donors (Lipinski definition) is 1. The molecule has 1 aliphatic carbocycles. The number of hydrogen-bond acceptors (Lipinski definition) is 2. The number of nitrogens with zero attached hydrogens (tertiary/aromatic N) is 1. The summed E-state index contributed by atoms with van der Waals surface area (Å²) in [5.41, 5.74) is 7.36. The summed E-state index contributed by atoms with van der Waals surface area (Å²) in [6.07, 6.45) is 2.06. The number of rotatable bonds is 4. The summed E-state index contributed by atoms with van der Waals surface area (Å²) in [7, 11) is 0. The second kappa shape index (κ2) is 5.12. The van der Waals surface area contributed by atoms with Crippen molar-refractivity contribution in [2.24, 2.45) is 0 Å². The largest absolute Gasteiger partial charge is 0.395 e. The maximum absolute atomic E-state index is 13.6. The van der Waals surface area contributed by atoms with E-state index in [4.69, 9.17) is 5.73 Å². The van der Waals surface area contributed by atoms with E-state index in [1.165, 1.54) is 6.07 Å². The summed E-state index contributed by atoms with van der Waals surface area (Å²) in [5, 5.41) is 0. The smallest absolute Gasteiger partial charge is 0.151 e. The average Bonchev–Trinajstić information content (AvgIpc) is 3.26. The minimum absolute atomic E-state index is 0.0224. The summed E-state index contributed by atoms with van der Waals surface area (Å²) in [5.74, 6) is -1.29. The van der Waals surface area contributed by atoms with Crippen molar-refractivity contribution < 1.29 is 8.78 Å². The molecule has 1 aliphatic rings. The molecule has 104 valence electrons. The van der Waals surface area contributed by atoms with Crippen LogP contribution in [0.5, 0.6) is 0 Å². The van der Waals surface area contributed by atoms with Crippen LogP contribution >= 0.6 is 0 Å². The molecule has 2 N–H and O–H groups in total. The highest BCUT2D eigenvalue weighted by atomic mass is 19.1. The number of nitrogens with two attached hydrogens (primary N) is 1. The highest BCUT2D eigenvalue weighted by Crippen LogP contribution is 2.37.